The molecule has 0 atom stereocenters. The van der Waals surface area contributed by atoms with Crippen LogP contribution in [0.1, 0.15) is 12.5 Å². The number of aromatic nitrogens is 3. The Hall–Kier alpha value is -3.41. The summed E-state index contributed by atoms with van der Waals surface area (Å²) in [5.74, 6) is 1.39. The highest BCUT2D eigenvalue weighted by Gasteiger charge is 2.15. The Morgan fingerprint density at radius 2 is 1.96 bits per heavy atom. The van der Waals surface area contributed by atoms with Crippen LogP contribution in [0.25, 0.3) is 33.7 Å². The molecular formula is C20H17N3O3. The Kier molecular flexibility index (Phi) is 4.01. The van der Waals surface area contributed by atoms with Gasteiger partial charge in [-0.1, -0.05) is 23.4 Å². The Bertz CT molecular complexity index is 1130. The third kappa shape index (κ3) is 2.86. The molecule has 1 N–H and O–H groups in total. The number of hydrogen-bond donors (Lipinski definition) is 1. The van der Waals surface area contributed by atoms with Gasteiger partial charge in [-0.3, -0.25) is 4.79 Å². The first-order valence-corrected chi connectivity index (χ1v) is 8.35. The van der Waals surface area contributed by atoms with Gasteiger partial charge in [-0.05, 0) is 55.1 Å². The molecule has 6 heteroatoms. The summed E-state index contributed by atoms with van der Waals surface area (Å²) in [6, 6.07) is 15.0. The summed E-state index contributed by atoms with van der Waals surface area (Å²) < 4.78 is 10.8. The SMILES string of the molecule is CCOc1ccc(-c2nc(-c3cc4cccc(C)c4[nH]c3=O)no2)cc1. The summed E-state index contributed by atoms with van der Waals surface area (Å²) in [5.41, 5.74) is 2.72. The molecule has 26 heavy (non-hydrogen) atoms. The van der Waals surface area contributed by atoms with Crippen LogP contribution in [0.3, 0.4) is 0 Å². The summed E-state index contributed by atoms with van der Waals surface area (Å²) in [6.07, 6.45) is 0. The number of rotatable bonds is 4. The molecule has 0 bridgehead atoms. The van der Waals surface area contributed by atoms with Crippen molar-refractivity contribution in [2.45, 2.75) is 13.8 Å². The summed E-state index contributed by atoms with van der Waals surface area (Å²) in [5, 5.41) is 4.90. The highest BCUT2D eigenvalue weighted by molar-refractivity contribution is 5.84. The molecule has 6 nitrogen and oxygen atoms in total. The maximum Gasteiger partial charge on any atom is 0.259 e. The summed E-state index contributed by atoms with van der Waals surface area (Å²) in [7, 11) is 0. The number of aromatic amines is 1. The van der Waals surface area contributed by atoms with Gasteiger partial charge in [0.1, 0.15) is 5.75 Å². The number of hydrogen-bond acceptors (Lipinski definition) is 5. The fraction of sp³-hybridized carbons (Fsp3) is 0.150. The van der Waals surface area contributed by atoms with E-state index < -0.39 is 0 Å². The average molecular weight is 347 g/mol. The van der Waals surface area contributed by atoms with E-state index in [4.69, 9.17) is 9.26 Å². The van der Waals surface area contributed by atoms with Crippen molar-refractivity contribution in [3.8, 4) is 28.6 Å². The molecule has 0 aliphatic heterocycles. The lowest BCUT2D eigenvalue weighted by molar-refractivity contribution is 0.340. The van der Waals surface area contributed by atoms with Gasteiger partial charge in [0.05, 0.1) is 17.7 Å². The van der Waals surface area contributed by atoms with Crippen LogP contribution in [0.2, 0.25) is 0 Å². The van der Waals surface area contributed by atoms with Gasteiger partial charge in [-0.15, -0.1) is 0 Å². The second-order valence-electron chi connectivity index (χ2n) is 5.93. The van der Waals surface area contributed by atoms with Crippen LogP contribution >= 0.6 is 0 Å². The first kappa shape index (κ1) is 16.1. The van der Waals surface area contributed by atoms with Crippen LogP contribution in [0.15, 0.2) is 57.8 Å². The molecule has 0 aliphatic rings. The fourth-order valence-corrected chi connectivity index (χ4v) is 2.86. The van der Waals surface area contributed by atoms with E-state index in [0.29, 0.717) is 18.1 Å². The zero-order valence-corrected chi connectivity index (χ0v) is 14.4. The highest BCUT2D eigenvalue weighted by atomic mass is 16.5. The Labute approximate surface area is 149 Å². The normalized spacial score (nSPS) is 11.0. The highest BCUT2D eigenvalue weighted by Crippen LogP contribution is 2.24. The molecule has 2 aromatic carbocycles. The number of nitrogens with one attached hydrogen (secondary N) is 1. The molecule has 0 saturated carbocycles. The minimum absolute atomic E-state index is 0.245. The minimum atomic E-state index is -0.245. The van der Waals surface area contributed by atoms with Crippen molar-refractivity contribution in [3.63, 3.8) is 0 Å². The molecule has 0 unspecified atom stereocenters. The summed E-state index contributed by atoms with van der Waals surface area (Å²) in [6.45, 7) is 4.49. The largest absolute Gasteiger partial charge is 0.494 e. The lowest BCUT2D eigenvalue weighted by Crippen LogP contribution is -2.10. The summed E-state index contributed by atoms with van der Waals surface area (Å²) >= 11 is 0. The van der Waals surface area contributed by atoms with E-state index in [9.17, 15) is 4.79 Å². The van der Waals surface area contributed by atoms with Crippen LogP contribution in [0.4, 0.5) is 0 Å². The quantitative estimate of drug-likeness (QED) is 0.604. The van der Waals surface area contributed by atoms with Gasteiger partial charge in [-0.25, -0.2) is 0 Å². The predicted molar refractivity (Wildman–Crippen MR) is 99.2 cm³/mol. The molecule has 0 radical (unpaired) electrons. The van der Waals surface area contributed by atoms with Gasteiger partial charge >= 0.3 is 0 Å². The Morgan fingerprint density at radius 1 is 1.15 bits per heavy atom. The van der Waals surface area contributed by atoms with Crippen LogP contribution in [0, 0.1) is 6.92 Å². The molecule has 0 spiro atoms. The second-order valence-corrected chi connectivity index (χ2v) is 5.93. The van der Waals surface area contributed by atoms with E-state index in [-0.39, 0.29) is 11.4 Å². The molecule has 2 heterocycles. The van der Waals surface area contributed by atoms with Crippen LogP contribution in [0.5, 0.6) is 5.75 Å². The van der Waals surface area contributed by atoms with Crippen LogP contribution in [-0.4, -0.2) is 21.7 Å². The van der Waals surface area contributed by atoms with Crippen LogP contribution in [-0.2, 0) is 0 Å². The lowest BCUT2D eigenvalue weighted by atomic mass is 10.1. The average Bonchev–Trinajstić information content (AvgIpc) is 3.13. The second kappa shape index (κ2) is 6.48. The number of nitrogens with zero attached hydrogens (tertiary/aromatic N) is 2. The van der Waals surface area contributed by atoms with Gasteiger partial charge in [-0.2, -0.15) is 4.98 Å². The summed E-state index contributed by atoms with van der Waals surface area (Å²) in [4.78, 5) is 19.7. The van der Waals surface area contributed by atoms with Gasteiger partial charge in [0, 0.05) is 5.56 Å². The van der Waals surface area contributed by atoms with Crippen molar-refractivity contribution in [1.82, 2.24) is 15.1 Å². The van der Waals surface area contributed by atoms with E-state index in [1.54, 1.807) is 6.07 Å². The van der Waals surface area contributed by atoms with E-state index in [2.05, 4.69) is 15.1 Å². The van der Waals surface area contributed by atoms with Crippen molar-refractivity contribution >= 4 is 10.9 Å². The zero-order chi connectivity index (χ0) is 18.1. The van der Waals surface area contributed by atoms with Gasteiger partial charge < -0.3 is 14.2 Å². The molecule has 0 saturated heterocycles. The van der Waals surface area contributed by atoms with E-state index in [1.165, 1.54) is 0 Å². The predicted octanol–water partition coefficient (Wildman–Crippen LogP) is 3.95. The number of fused-ring (bicyclic) bond motifs is 1. The van der Waals surface area contributed by atoms with Gasteiger partial charge in [0.15, 0.2) is 0 Å². The first-order chi connectivity index (χ1) is 12.7. The Balaban J connectivity index is 1.73. The van der Waals surface area contributed by atoms with Crippen molar-refractivity contribution in [2.75, 3.05) is 6.61 Å². The van der Waals surface area contributed by atoms with Crippen molar-refractivity contribution < 1.29 is 9.26 Å². The minimum Gasteiger partial charge on any atom is -0.494 e. The lowest BCUT2D eigenvalue weighted by Gasteiger charge is -2.03. The smallest absolute Gasteiger partial charge is 0.259 e. The van der Waals surface area contributed by atoms with E-state index >= 15 is 0 Å². The number of aryl methyl sites for hydroxylation is 1. The molecule has 0 amide bonds. The third-order valence-electron chi connectivity index (χ3n) is 4.17. The van der Waals surface area contributed by atoms with Crippen molar-refractivity contribution in [1.29, 1.82) is 0 Å². The standard InChI is InChI=1S/C20H17N3O3/c1-3-25-15-9-7-13(8-10-15)20-22-18(23-26-20)16-11-14-6-4-5-12(2)17(14)21-19(16)24/h4-11H,3H2,1-2H3,(H,21,24). The third-order valence-corrected chi connectivity index (χ3v) is 4.17. The monoisotopic (exact) mass is 347 g/mol. The molecule has 0 fully saturated rings. The molecule has 130 valence electrons. The Morgan fingerprint density at radius 3 is 2.73 bits per heavy atom. The molecule has 4 rings (SSSR count). The molecule has 4 aromatic rings. The number of benzene rings is 2. The number of para-hydroxylation sites is 1. The van der Waals surface area contributed by atoms with Crippen LogP contribution < -0.4 is 10.3 Å². The van der Waals surface area contributed by atoms with E-state index in [1.807, 2.05) is 56.3 Å². The number of ether oxygens (including phenoxy) is 1. The molecule has 2 aromatic heterocycles. The maximum absolute atomic E-state index is 12.5. The fourth-order valence-electron chi connectivity index (χ4n) is 2.86. The first-order valence-electron chi connectivity index (χ1n) is 8.35. The zero-order valence-electron chi connectivity index (χ0n) is 14.4. The van der Waals surface area contributed by atoms with E-state index in [0.717, 1.165) is 27.8 Å². The van der Waals surface area contributed by atoms with Crippen molar-refractivity contribution in [3.05, 3.63) is 64.4 Å². The molecular weight excluding hydrogens is 330 g/mol. The maximum atomic E-state index is 12.5. The molecule has 0 aliphatic carbocycles. The number of pyridine rings is 1. The van der Waals surface area contributed by atoms with Gasteiger partial charge in [0.25, 0.3) is 11.4 Å². The number of H-pyrrole nitrogens is 1. The van der Waals surface area contributed by atoms with Gasteiger partial charge in [0.2, 0.25) is 5.82 Å². The van der Waals surface area contributed by atoms with Crippen molar-refractivity contribution in [2.24, 2.45) is 0 Å². The topological polar surface area (TPSA) is 81.0 Å².